The molecule has 0 aliphatic carbocycles. The molecule has 13 heavy (non-hydrogen) atoms. The van der Waals surface area contributed by atoms with Crippen molar-refractivity contribution in [2.45, 2.75) is 45.1 Å². The highest BCUT2D eigenvalue weighted by Gasteiger charge is 2.23. The van der Waals surface area contributed by atoms with Gasteiger partial charge < -0.3 is 10.0 Å². The maximum Gasteiger partial charge on any atom is 0.225 e. The first-order chi connectivity index (χ1) is 6.24. The van der Waals surface area contributed by atoms with Crippen molar-refractivity contribution >= 4 is 5.91 Å². The number of hydrogen-bond donors (Lipinski definition) is 1. The summed E-state index contributed by atoms with van der Waals surface area (Å²) in [6, 6.07) is 0. The Bertz CT molecular complexity index is 170. The molecule has 1 aliphatic heterocycles. The van der Waals surface area contributed by atoms with Gasteiger partial charge in [0.05, 0.1) is 12.5 Å². The molecule has 0 radical (unpaired) electrons. The number of likely N-dealkylation sites (tertiary alicyclic amines) is 1. The van der Waals surface area contributed by atoms with Crippen LogP contribution in [0.2, 0.25) is 0 Å². The summed E-state index contributed by atoms with van der Waals surface area (Å²) in [5, 5.41) is 9.22. The fourth-order valence-corrected chi connectivity index (χ4v) is 1.65. The Morgan fingerprint density at radius 3 is 2.92 bits per heavy atom. The second kappa shape index (κ2) is 5.22. The van der Waals surface area contributed by atoms with Crippen molar-refractivity contribution in [3.8, 4) is 0 Å². The van der Waals surface area contributed by atoms with Crippen molar-refractivity contribution in [2.75, 3.05) is 13.1 Å². The molecule has 0 aromatic rings. The highest BCUT2D eigenvalue weighted by atomic mass is 16.3. The van der Waals surface area contributed by atoms with Gasteiger partial charge >= 0.3 is 0 Å². The van der Waals surface area contributed by atoms with Gasteiger partial charge in [-0.2, -0.15) is 0 Å². The van der Waals surface area contributed by atoms with Crippen molar-refractivity contribution in [3.63, 3.8) is 0 Å². The van der Waals surface area contributed by atoms with Crippen LogP contribution in [0.4, 0.5) is 0 Å². The van der Waals surface area contributed by atoms with Gasteiger partial charge in [-0.05, 0) is 12.8 Å². The summed E-state index contributed by atoms with van der Waals surface area (Å²) in [4.78, 5) is 13.2. The predicted octanol–water partition coefficient (Wildman–Crippen LogP) is 1.16. The largest absolute Gasteiger partial charge is 0.393 e. The van der Waals surface area contributed by atoms with Gasteiger partial charge in [-0.25, -0.2) is 0 Å². The zero-order valence-corrected chi connectivity index (χ0v) is 8.33. The molecule has 1 fully saturated rings. The van der Waals surface area contributed by atoms with Crippen LogP contribution in [0.15, 0.2) is 0 Å². The van der Waals surface area contributed by atoms with Gasteiger partial charge in [0.2, 0.25) is 5.91 Å². The standard InChI is InChI=1S/C10H19NO2/c1-2-3-4-6-11-7-5-9(12)8-10(11)13/h9,12H,2-8H2,1H3. The number of piperidine rings is 1. The van der Waals surface area contributed by atoms with Gasteiger partial charge in [-0.3, -0.25) is 4.79 Å². The lowest BCUT2D eigenvalue weighted by Gasteiger charge is -2.29. The summed E-state index contributed by atoms with van der Waals surface area (Å²) in [5.41, 5.74) is 0. The molecule has 1 atom stereocenters. The number of carbonyl (C=O) groups is 1. The molecule has 1 heterocycles. The van der Waals surface area contributed by atoms with Crippen molar-refractivity contribution in [1.29, 1.82) is 0 Å². The van der Waals surface area contributed by atoms with Crippen LogP contribution in [0.25, 0.3) is 0 Å². The minimum absolute atomic E-state index is 0.120. The number of unbranched alkanes of at least 4 members (excludes halogenated alkanes) is 2. The molecule has 76 valence electrons. The summed E-state index contributed by atoms with van der Waals surface area (Å²) < 4.78 is 0. The third kappa shape index (κ3) is 3.35. The Hall–Kier alpha value is -0.570. The Balaban J connectivity index is 2.22. The van der Waals surface area contributed by atoms with Gasteiger partial charge in [0, 0.05) is 13.1 Å². The molecule has 1 amide bonds. The first kappa shape index (κ1) is 10.5. The Morgan fingerprint density at radius 1 is 1.54 bits per heavy atom. The third-order valence-corrected chi connectivity index (χ3v) is 2.53. The molecule has 1 rings (SSSR count). The van der Waals surface area contributed by atoms with Crippen LogP contribution in [0.1, 0.15) is 39.0 Å². The third-order valence-electron chi connectivity index (χ3n) is 2.53. The second-order valence-electron chi connectivity index (χ2n) is 3.73. The van der Waals surface area contributed by atoms with E-state index in [1.54, 1.807) is 0 Å². The molecule has 0 aromatic heterocycles. The van der Waals surface area contributed by atoms with E-state index in [-0.39, 0.29) is 5.91 Å². The fourth-order valence-electron chi connectivity index (χ4n) is 1.65. The van der Waals surface area contributed by atoms with Crippen LogP contribution >= 0.6 is 0 Å². The molecule has 3 nitrogen and oxygen atoms in total. The van der Waals surface area contributed by atoms with E-state index in [0.717, 1.165) is 25.9 Å². The molecular formula is C10H19NO2. The van der Waals surface area contributed by atoms with E-state index in [1.165, 1.54) is 12.8 Å². The lowest BCUT2D eigenvalue weighted by atomic mass is 10.1. The van der Waals surface area contributed by atoms with Crippen LogP contribution in [0.5, 0.6) is 0 Å². The summed E-state index contributed by atoms with van der Waals surface area (Å²) in [7, 11) is 0. The number of amides is 1. The lowest BCUT2D eigenvalue weighted by molar-refractivity contribution is -0.137. The topological polar surface area (TPSA) is 40.5 Å². The van der Waals surface area contributed by atoms with Gasteiger partial charge in [-0.15, -0.1) is 0 Å². The van der Waals surface area contributed by atoms with E-state index in [0.29, 0.717) is 6.42 Å². The molecule has 0 aromatic carbocycles. The molecule has 1 saturated heterocycles. The minimum atomic E-state index is -0.394. The van der Waals surface area contributed by atoms with Crippen LogP contribution in [0, 0.1) is 0 Å². The van der Waals surface area contributed by atoms with Crippen LogP contribution in [0.3, 0.4) is 0 Å². The highest BCUT2D eigenvalue weighted by molar-refractivity contribution is 5.77. The van der Waals surface area contributed by atoms with Crippen molar-refractivity contribution in [2.24, 2.45) is 0 Å². The van der Waals surface area contributed by atoms with Crippen molar-refractivity contribution < 1.29 is 9.90 Å². The molecule has 3 heteroatoms. The number of carbonyl (C=O) groups excluding carboxylic acids is 1. The normalized spacial score (nSPS) is 23.7. The van der Waals surface area contributed by atoms with Crippen LogP contribution in [-0.4, -0.2) is 35.1 Å². The highest BCUT2D eigenvalue weighted by Crippen LogP contribution is 2.12. The molecule has 0 saturated carbocycles. The first-order valence-electron chi connectivity index (χ1n) is 5.20. The molecule has 0 bridgehead atoms. The summed E-state index contributed by atoms with van der Waals surface area (Å²) in [6.45, 7) is 3.77. The molecule has 1 unspecified atom stereocenters. The van der Waals surface area contributed by atoms with Gasteiger partial charge in [0.1, 0.15) is 0 Å². The number of aliphatic hydroxyl groups excluding tert-OH is 1. The van der Waals surface area contributed by atoms with Crippen LogP contribution in [-0.2, 0) is 4.79 Å². The SMILES string of the molecule is CCCCCN1CCC(O)CC1=O. The summed E-state index contributed by atoms with van der Waals surface area (Å²) in [5.74, 6) is 0.120. The van der Waals surface area contributed by atoms with E-state index < -0.39 is 6.10 Å². The monoisotopic (exact) mass is 185 g/mol. The van der Waals surface area contributed by atoms with E-state index >= 15 is 0 Å². The lowest BCUT2D eigenvalue weighted by Crippen LogP contribution is -2.41. The smallest absolute Gasteiger partial charge is 0.225 e. The van der Waals surface area contributed by atoms with Crippen molar-refractivity contribution in [3.05, 3.63) is 0 Å². The van der Waals surface area contributed by atoms with E-state index in [9.17, 15) is 9.90 Å². The number of hydrogen-bond acceptors (Lipinski definition) is 2. The summed E-state index contributed by atoms with van der Waals surface area (Å²) >= 11 is 0. The van der Waals surface area contributed by atoms with E-state index in [1.807, 2.05) is 4.90 Å². The molecule has 0 spiro atoms. The number of rotatable bonds is 4. The van der Waals surface area contributed by atoms with Gasteiger partial charge in [0.15, 0.2) is 0 Å². The quantitative estimate of drug-likeness (QED) is 0.668. The maximum absolute atomic E-state index is 11.4. The second-order valence-corrected chi connectivity index (χ2v) is 3.73. The van der Waals surface area contributed by atoms with Crippen molar-refractivity contribution in [1.82, 2.24) is 4.90 Å². The van der Waals surface area contributed by atoms with Crippen LogP contribution < -0.4 is 0 Å². The number of aliphatic hydroxyl groups is 1. The van der Waals surface area contributed by atoms with Gasteiger partial charge in [0.25, 0.3) is 0 Å². The summed E-state index contributed by atoms with van der Waals surface area (Å²) in [6.07, 6.45) is 4.15. The van der Waals surface area contributed by atoms with E-state index in [4.69, 9.17) is 0 Å². The Kier molecular flexibility index (Phi) is 4.22. The average molecular weight is 185 g/mol. The van der Waals surface area contributed by atoms with Gasteiger partial charge in [-0.1, -0.05) is 19.8 Å². The Morgan fingerprint density at radius 2 is 2.31 bits per heavy atom. The zero-order chi connectivity index (χ0) is 9.68. The molecule has 1 N–H and O–H groups in total. The maximum atomic E-state index is 11.4. The zero-order valence-electron chi connectivity index (χ0n) is 8.33. The molecule has 1 aliphatic rings. The Labute approximate surface area is 79.7 Å². The molecular weight excluding hydrogens is 166 g/mol. The predicted molar refractivity (Wildman–Crippen MR) is 51.3 cm³/mol. The number of nitrogens with zero attached hydrogens (tertiary/aromatic N) is 1. The average Bonchev–Trinajstić information content (AvgIpc) is 2.09. The minimum Gasteiger partial charge on any atom is -0.393 e. The fraction of sp³-hybridized carbons (Fsp3) is 0.900. The van der Waals surface area contributed by atoms with E-state index in [2.05, 4.69) is 6.92 Å². The first-order valence-corrected chi connectivity index (χ1v) is 5.20.